The van der Waals surface area contributed by atoms with Crippen LogP contribution in [0.4, 0.5) is 0 Å². The lowest BCUT2D eigenvalue weighted by atomic mass is 10.0. The molecule has 17 heavy (non-hydrogen) atoms. The van der Waals surface area contributed by atoms with E-state index in [2.05, 4.69) is 19.2 Å². The van der Waals surface area contributed by atoms with Gasteiger partial charge in [0.05, 0.1) is 12.7 Å². The quantitative estimate of drug-likeness (QED) is 0.700. The molecule has 4 atom stereocenters. The summed E-state index contributed by atoms with van der Waals surface area (Å²) in [5.74, 6) is 1.72. The minimum Gasteiger partial charge on any atom is -0.392 e. The number of ether oxygens (including phenoxy) is 1. The fourth-order valence-corrected chi connectivity index (χ4v) is 3.14. The molecule has 3 nitrogen and oxygen atoms in total. The highest BCUT2D eigenvalue weighted by molar-refractivity contribution is 7.99. The molecule has 1 heterocycles. The van der Waals surface area contributed by atoms with Crippen LogP contribution in [0.1, 0.15) is 33.6 Å². The molecule has 0 bridgehead atoms. The second-order valence-corrected chi connectivity index (χ2v) is 6.37. The zero-order valence-electron chi connectivity index (χ0n) is 11.3. The van der Waals surface area contributed by atoms with Crippen molar-refractivity contribution in [3.05, 3.63) is 0 Å². The van der Waals surface area contributed by atoms with Gasteiger partial charge in [0.15, 0.2) is 0 Å². The van der Waals surface area contributed by atoms with E-state index in [4.69, 9.17) is 4.74 Å². The molecule has 1 aliphatic rings. The van der Waals surface area contributed by atoms with Gasteiger partial charge in [0, 0.05) is 29.6 Å². The highest BCUT2D eigenvalue weighted by Gasteiger charge is 2.26. The van der Waals surface area contributed by atoms with Gasteiger partial charge in [-0.2, -0.15) is 11.8 Å². The molecule has 0 spiro atoms. The maximum atomic E-state index is 9.51. The molecule has 0 saturated carbocycles. The number of aliphatic hydroxyl groups excluding tert-OH is 1. The second-order valence-electron chi connectivity index (χ2n) is 4.96. The Balaban J connectivity index is 2.34. The predicted molar refractivity (Wildman–Crippen MR) is 74.6 cm³/mol. The summed E-state index contributed by atoms with van der Waals surface area (Å²) in [6.07, 6.45) is 2.11. The van der Waals surface area contributed by atoms with E-state index in [0.717, 1.165) is 25.5 Å². The summed E-state index contributed by atoms with van der Waals surface area (Å²) in [5, 5.41) is 13.4. The highest BCUT2D eigenvalue weighted by Crippen LogP contribution is 2.23. The second kappa shape index (κ2) is 8.35. The number of nitrogens with one attached hydrogen (secondary N) is 1. The van der Waals surface area contributed by atoms with Gasteiger partial charge in [-0.3, -0.25) is 0 Å². The molecule has 4 unspecified atom stereocenters. The molecule has 102 valence electrons. The number of hydrogen-bond acceptors (Lipinski definition) is 4. The van der Waals surface area contributed by atoms with Crippen LogP contribution in [0, 0.1) is 5.92 Å². The maximum Gasteiger partial charge on any atom is 0.0628 e. The van der Waals surface area contributed by atoms with Crippen molar-refractivity contribution >= 4 is 11.8 Å². The van der Waals surface area contributed by atoms with E-state index < -0.39 is 0 Å². The molecule has 2 N–H and O–H groups in total. The third-order valence-corrected chi connectivity index (χ3v) is 4.88. The fourth-order valence-electron chi connectivity index (χ4n) is 1.96. The molecule has 1 fully saturated rings. The van der Waals surface area contributed by atoms with Gasteiger partial charge < -0.3 is 15.2 Å². The first kappa shape index (κ1) is 15.3. The monoisotopic (exact) mass is 261 g/mol. The zero-order chi connectivity index (χ0) is 12.7. The summed E-state index contributed by atoms with van der Waals surface area (Å²) < 4.78 is 5.47. The lowest BCUT2D eigenvalue weighted by Gasteiger charge is -2.25. The first-order valence-corrected chi connectivity index (χ1v) is 7.80. The minimum atomic E-state index is -0.230. The van der Waals surface area contributed by atoms with Crippen LogP contribution in [0.2, 0.25) is 0 Å². The summed E-state index contributed by atoms with van der Waals surface area (Å²) in [4.78, 5) is 0. The van der Waals surface area contributed by atoms with E-state index in [-0.39, 0.29) is 6.10 Å². The maximum absolute atomic E-state index is 9.51. The largest absolute Gasteiger partial charge is 0.392 e. The van der Waals surface area contributed by atoms with Gasteiger partial charge in [-0.05, 0) is 26.3 Å². The van der Waals surface area contributed by atoms with Gasteiger partial charge in [-0.1, -0.05) is 13.8 Å². The van der Waals surface area contributed by atoms with E-state index in [1.807, 2.05) is 18.7 Å². The molecule has 1 aliphatic heterocycles. The van der Waals surface area contributed by atoms with Crippen LogP contribution in [0.5, 0.6) is 0 Å². The lowest BCUT2D eigenvalue weighted by molar-refractivity contribution is 0.178. The summed E-state index contributed by atoms with van der Waals surface area (Å²) in [6.45, 7) is 9.03. The molecule has 0 aromatic rings. The minimum absolute atomic E-state index is 0.230. The van der Waals surface area contributed by atoms with Gasteiger partial charge in [-0.15, -0.1) is 0 Å². The van der Waals surface area contributed by atoms with Gasteiger partial charge in [-0.25, -0.2) is 0 Å². The Morgan fingerprint density at radius 3 is 2.76 bits per heavy atom. The van der Waals surface area contributed by atoms with Crippen molar-refractivity contribution in [2.75, 3.05) is 25.5 Å². The average Bonchev–Trinajstić information content (AvgIpc) is 2.82. The molecular weight excluding hydrogens is 234 g/mol. The summed E-state index contributed by atoms with van der Waals surface area (Å²) >= 11 is 1.86. The first-order chi connectivity index (χ1) is 8.15. The molecule has 1 rings (SSSR count). The van der Waals surface area contributed by atoms with E-state index in [1.165, 1.54) is 12.8 Å². The van der Waals surface area contributed by atoms with Crippen molar-refractivity contribution in [1.82, 2.24) is 5.32 Å². The predicted octanol–water partition coefficient (Wildman–Crippen LogP) is 1.89. The standard InChI is InChI=1S/C13H27NO2S/c1-4-6-14-13(12-5-7-16-8-12)9-17-11(3)10(2)15/h10-15H,4-9H2,1-3H3. The van der Waals surface area contributed by atoms with Crippen molar-refractivity contribution in [3.8, 4) is 0 Å². The molecule has 0 aromatic heterocycles. The van der Waals surface area contributed by atoms with Gasteiger partial charge in [0.2, 0.25) is 0 Å². The third-order valence-electron chi connectivity index (χ3n) is 3.41. The Kier molecular flexibility index (Phi) is 7.51. The van der Waals surface area contributed by atoms with E-state index in [9.17, 15) is 5.11 Å². The molecule has 0 aliphatic carbocycles. The molecule has 4 heteroatoms. The van der Waals surface area contributed by atoms with E-state index >= 15 is 0 Å². The molecule has 1 saturated heterocycles. The first-order valence-electron chi connectivity index (χ1n) is 6.76. The Morgan fingerprint density at radius 1 is 1.47 bits per heavy atom. The number of hydrogen-bond donors (Lipinski definition) is 2. The van der Waals surface area contributed by atoms with Gasteiger partial charge in [0.25, 0.3) is 0 Å². The number of aliphatic hydroxyl groups is 1. The summed E-state index contributed by atoms with van der Waals surface area (Å²) in [7, 11) is 0. The molecule has 0 aromatic carbocycles. The lowest BCUT2D eigenvalue weighted by Crippen LogP contribution is -2.40. The Hall–Kier alpha value is 0.230. The Morgan fingerprint density at radius 2 is 2.24 bits per heavy atom. The van der Waals surface area contributed by atoms with Crippen molar-refractivity contribution in [1.29, 1.82) is 0 Å². The SMILES string of the molecule is CCCNC(CSC(C)C(C)O)C1CCOC1. The molecular formula is C13H27NO2S. The molecule has 0 amide bonds. The van der Waals surface area contributed by atoms with Crippen LogP contribution in [0.3, 0.4) is 0 Å². The van der Waals surface area contributed by atoms with Crippen LogP contribution in [-0.2, 0) is 4.74 Å². The highest BCUT2D eigenvalue weighted by atomic mass is 32.2. The number of thioether (sulfide) groups is 1. The van der Waals surface area contributed by atoms with Gasteiger partial charge >= 0.3 is 0 Å². The number of rotatable bonds is 8. The summed E-state index contributed by atoms with van der Waals surface area (Å²) in [5.41, 5.74) is 0. The van der Waals surface area contributed by atoms with Crippen molar-refractivity contribution in [2.24, 2.45) is 5.92 Å². The average molecular weight is 261 g/mol. The van der Waals surface area contributed by atoms with E-state index in [0.29, 0.717) is 17.2 Å². The normalized spacial score (nSPS) is 25.8. The van der Waals surface area contributed by atoms with Crippen molar-refractivity contribution in [2.45, 2.75) is 51.0 Å². The van der Waals surface area contributed by atoms with Crippen LogP contribution in [0.25, 0.3) is 0 Å². The Labute approximate surface area is 110 Å². The van der Waals surface area contributed by atoms with Crippen molar-refractivity contribution < 1.29 is 9.84 Å². The smallest absolute Gasteiger partial charge is 0.0628 e. The van der Waals surface area contributed by atoms with E-state index in [1.54, 1.807) is 0 Å². The van der Waals surface area contributed by atoms with Gasteiger partial charge in [0.1, 0.15) is 0 Å². The zero-order valence-corrected chi connectivity index (χ0v) is 12.1. The van der Waals surface area contributed by atoms with Crippen LogP contribution in [-0.4, -0.2) is 48.0 Å². The van der Waals surface area contributed by atoms with Crippen LogP contribution >= 0.6 is 11.8 Å². The topological polar surface area (TPSA) is 41.5 Å². The third kappa shape index (κ3) is 5.60. The van der Waals surface area contributed by atoms with Crippen molar-refractivity contribution in [3.63, 3.8) is 0 Å². The summed E-state index contributed by atoms with van der Waals surface area (Å²) in [6, 6.07) is 0.531. The van der Waals surface area contributed by atoms with Crippen LogP contribution < -0.4 is 5.32 Å². The Bertz CT molecular complexity index is 196. The molecule has 0 radical (unpaired) electrons. The fraction of sp³-hybridized carbons (Fsp3) is 1.00. The van der Waals surface area contributed by atoms with Crippen LogP contribution in [0.15, 0.2) is 0 Å².